The number of nitrogens with one attached hydrogen (secondary N) is 2. The number of hydrogen-bond acceptors (Lipinski definition) is 8. The maximum absolute atomic E-state index is 14.5. The van der Waals surface area contributed by atoms with Crippen molar-refractivity contribution in [2.45, 2.75) is 109 Å². The Balaban J connectivity index is 1.44. The third-order valence-electron chi connectivity index (χ3n) is 8.42. The first-order valence-corrected chi connectivity index (χ1v) is 16.7. The van der Waals surface area contributed by atoms with Crippen LogP contribution >= 0.6 is 11.3 Å². The van der Waals surface area contributed by atoms with E-state index in [1.54, 1.807) is 26.3 Å². The van der Waals surface area contributed by atoms with Gasteiger partial charge in [-0.3, -0.25) is 19.2 Å². The van der Waals surface area contributed by atoms with E-state index < -0.39 is 53.0 Å². The molecule has 0 radical (unpaired) electrons. The van der Waals surface area contributed by atoms with Crippen molar-refractivity contribution in [2.24, 2.45) is 5.41 Å². The van der Waals surface area contributed by atoms with E-state index in [0.29, 0.717) is 18.8 Å². The zero-order chi connectivity index (χ0) is 33.6. The maximum atomic E-state index is 14.5. The molecule has 1 aromatic heterocycles. The van der Waals surface area contributed by atoms with Gasteiger partial charge in [-0.1, -0.05) is 45.7 Å². The van der Waals surface area contributed by atoms with Gasteiger partial charge in [0.1, 0.15) is 17.8 Å². The Kier molecular flexibility index (Phi) is 11.4. The minimum atomic E-state index is -1.96. The molecule has 2 heterocycles. The number of aromatic nitrogens is 1. The lowest BCUT2D eigenvalue weighted by molar-refractivity contribution is -0.145. The van der Waals surface area contributed by atoms with Crippen LogP contribution in [0.15, 0.2) is 23.7 Å². The Hall–Kier alpha value is -3.58. The van der Waals surface area contributed by atoms with E-state index in [4.69, 9.17) is 9.84 Å². The van der Waals surface area contributed by atoms with Gasteiger partial charge in [-0.25, -0.2) is 9.37 Å². The number of benzene rings is 1. The van der Waals surface area contributed by atoms with Gasteiger partial charge in [-0.05, 0) is 49.7 Å². The molecule has 46 heavy (non-hydrogen) atoms. The fourth-order valence-electron chi connectivity index (χ4n) is 5.49. The van der Waals surface area contributed by atoms with E-state index in [-0.39, 0.29) is 38.8 Å². The quantitative estimate of drug-likeness (QED) is 0.208. The summed E-state index contributed by atoms with van der Waals surface area (Å²) in [6.45, 7) is 7.63. The number of likely N-dealkylation sites (tertiary alicyclic amines) is 1. The Bertz CT molecular complexity index is 1420. The van der Waals surface area contributed by atoms with E-state index >= 15 is 0 Å². The first kappa shape index (κ1) is 35.3. The molecule has 2 aromatic rings. The summed E-state index contributed by atoms with van der Waals surface area (Å²) in [5.41, 5.74) is 1.59. The number of aliphatic hydroxyl groups is 1. The summed E-state index contributed by atoms with van der Waals surface area (Å²) >= 11 is 1.51. The van der Waals surface area contributed by atoms with Crippen LogP contribution in [0.4, 0.5) is 4.39 Å². The highest BCUT2D eigenvalue weighted by Crippen LogP contribution is 2.40. The zero-order valence-corrected chi connectivity index (χ0v) is 27.8. The second-order valence-electron chi connectivity index (χ2n) is 13.3. The number of aryl methyl sites for hydroxylation is 1. The number of thiazole rings is 1. The first-order chi connectivity index (χ1) is 21.7. The molecule has 4 N–H and O–H groups in total. The van der Waals surface area contributed by atoms with E-state index in [0.717, 1.165) is 41.0 Å². The van der Waals surface area contributed by atoms with E-state index in [2.05, 4.69) is 15.6 Å². The third-order valence-corrected chi connectivity index (χ3v) is 9.40. The number of aliphatic hydroxyl groups excluding tert-OH is 1. The summed E-state index contributed by atoms with van der Waals surface area (Å²) in [6, 6.07) is 3.67. The van der Waals surface area contributed by atoms with Crippen molar-refractivity contribution in [3.8, 4) is 16.2 Å². The van der Waals surface area contributed by atoms with Crippen LogP contribution in [0.1, 0.15) is 83.4 Å². The smallest absolute Gasteiger partial charge is 0.303 e. The number of carboxylic acids is 1. The summed E-state index contributed by atoms with van der Waals surface area (Å²) in [4.78, 5) is 57.1. The van der Waals surface area contributed by atoms with Crippen LogP contribution in [0.3, 0.4) is 0 Å². The number of halogens is 1. The second kappa shape index (κ2) is 14.9. The molecule has 2 aliphatic rings. The van der Waals surface area contributed by atoms with Crippen LogP contribution in [0, 0.1) is 12.3 Å². The van der Waals surface area contributed by atoms with Gasteiger partial charge in [0.2, 0.25) is 11.8 Å². The van der Waals surface area contributed by atoms with Gasteiger partial charge < -0.3 is 30.5 Å². The standard InChI is InChI=1S/C33H45FN4O7S/c1-20-27(46-19-36-20)21-10-11-22(25(15-21)45-14-8-6-5-7-9-26(40)41)17-35-29(42)24-16-23(39)18-38(24)30(43)28(32(2,3)4)37-31(44)33(34)12-13-33/h10-11,15,19,23-24,28,39H,5-9,12-14,16-18H2,1-4H3,(H,35,42)(H,37,44)(H,40,41)/t23-,24+,28-/m1/s1. The Morgan fingerprint density at radius 3 is 2.52 bits per heavy atom. The predicted octanol–water partition coefficient (Wildman–Crippen LogP) is 4.14. The van der Waals surface area contributed by atoms with Gasteiger partial charge in [0, 0.05) is 31.5 Å². The average molecular weight is 661 g/mol. The molecule has 1 saturated heterocycles. The number of carboxylic acid groups (broad SMARTS) is 1. The summed E-state index contributed by atoms with van der Waals surface area (Å²) in [6.07, 6.45) is 2.43. The van der Waals surface area contributed by atoms with Gasteiger partial charge >= 0.3 is 5.97 Å². The van der Waals surface area contributed by atoms with Crippen LogP contribution in [-0.4, -0.2) is 80.8 Å². The van der Waals surface area contributed by atoms with Crippen molar-refractivity contribution in [1.82, 2.24) is 20.5 Å². The topological polar surface area (TPSA) is 158 Å². The van der Waals surface area contributed by atoms with Crippen molar-refractivity contribution in [3.05, 3.63) is 35.0 Å². The number of hydrogen-bond donors (Lipinski definition) is 4. The number of alkyl halides is 1. The monoisotopic (exact) mass is 660 g/mol. The van der Waals surface area contributed by atoms with E-state index in [9.17, 15) is 28.7 Å². The lowest BCUT2D eigenvalue weighted by Crippen LogP contribution is -2.59. The van der Waals surface area contributed by atoms with Crippen LogP contribution in [0.5, 0.6) is 5.75 Å². The van der Waals surface area contributed by atoms with E-state index in [1.165, 1.54) is 16.2 Å². The number of nitrogens with zero attached hydrogens (tertiary/aromatic N) is 2. The molecule has 13 heteroatoms. The number of unbranched alkanes of at least 4 members (excludes halogenated alkanes) is 3. The van der Waals surface area contributed by atoms with Gasteiger partial charge in [0.05, 0.1) is 28.8 Å². The van der Waals surface area contributed by atoms with Crippen molar-refractivity contribution in [2.75, 3.05) is 13.2 Å². The molecule has 1 aliphatic carbocycles. The highest BCUT2D eigenvalue weighted by Gasteiger charge is 2.53. The first-order valence-electron chi connectivity index (χ1n) is 15.8. The van der Waals surface area contributed by atoms with Gasteiger partial charge in [0.25, 0.3) is 5.91 Å². The highest BCUT2D eigenvalue weighted by molar-refractivity contribution is 7.13. The molecule has 11 nitrogen and oxygen atoms in total. The van der Waals surface area contributed by atoms with Crippen LogP contribution < -0.4 is 15.4 Å². The Morgan fingerprint density at radius 1 is 1.17 bits per heavy atom. The van der Waals surface area contributed by atoms with Crippen molar-refractivity contribution < 1.29 is 38.5 Å². The third kappa shape index (κ3) is 9.03. The second-order valence-corrected chi connectivity index (χ2v) is 14.2. The molecule has 0 unspecified atom stereocenters. The molecule has 3 amide bonds. The molecule has 1 saturated carbocycles. The zero-order valence-electron chi connectivity index (χ0n) is 26.9. The Labute approximate surface area is 272 Å². The predicted molar refractivity (Wildman–Crippen MR) is 171 cm³/mol. The number of aliphatic carboxylic acids is 1. The molecule has 1 aromatic carbocycles. The van der Waals surface area contributed by atoms with Crippen molar-refractivity contribution in [1.29, 1.82) is 0 Å². The minimum Gasteiger partial charge on any atom is -0.493 e. The number of amides is 3. The number of rotatable bonds is 15. The van der Waals surface area contributed by atoms with Crippen LogP contribution in [-0.2, 0) is 25.7 Å². The molecule has 1 aliphatic heterocycles. The number of carbonyl (C=O) groups excluding carboxylic acids is 3. The fraction of sp³-hybridized carbons (Fsp3) is 0.606. The van der Waals surface area contributed by atoms with Gasteiger partial charge in [-0.15, -0.1) is 11.3 Å². The number of ether oxygens (including phenoxy) is 1. The lowest BCUT2D eigenvalue weighted by atomic mass is 9.85. The summed E-state index contributed by atoms with van der Waals surface area (Å²) in [7, 11) is 0. The number of β-amino-alcohol motifs (C(OH)–C–C–N with tert-alkyl or cyclic N) is 1. The average Bonchev–Trinajstić information content (AvgIpc) is 3.40. The molecule has 0 spiro atoms. The molecule has 2 fully saturated rings. The summed E-state index contributed by atoms with van der Waals surface area (Å²) < 4.78 is 20.6. The van der Waals surface area contributed by atoms with Crippen LogP contribution in [0.25, 0.3) is 10.4 Å². The van der Waals surface area contributed by atoms with E-state index in [1.807, 2.05) is 25.1 Å². The summed E-state index contributed by atoms with van der Waals surface area (Å²) in [5.74, 6) is -2.04. The SMILES string of the molecule is Cc1ncsc1-c1ccc(CNC(=O)[C@@H]2C[C@@H](O)CN2C(=O)[C@@H](NC(=O)C2(F)CC2)C(C)(C)C)c(OCCCCCCC(=O)O)c1. The molecule has 252 valence electrons. The lowest BCUT2D eigenvalue weighted by Gasteiger charge is -2.35. The Morgan fingerprint density at radius 2 is 1.89 bits per heavy atom. The molecule has 0 bridgehead atoms. The van der Waals surface area contributed by atoms with Crippen molar-refractivity contribution >= 4 is 35.0 Å². The van der Waals surface area contributed by atoms with Crippen LogP contribution in [0.2, 0.25) is 0 Å². The molecule has 4 rings (SSSR count). The number of carbonyl (C=O) groups is 4. The van der Waals surface area contributed by atoms with Crippen molar-refractivity contribution in [3.63, 3.8) is 0 Å². The largest absolute Gasteiger partial charge is 0.493 e. The highest BCUT2D eigenvalue weighted by atomic mass is 32.1. The van der Waals surface area contributed by atoms with Gasteiger partial charge in [0.15, 0.2) is 5.67 Å². The van der Waals surface area contributed by atoms with Gasteiger partial charge in [-0.2, -0.15) is 0 Å². The summed E-state index contributed by atoms with van der Waals surface area (Å²) in [5, 5.41) is 24.8. The maximum Gasteiger partial charge on any atom is 0.303 e. The molecular formula is C33H45FN4O7S. The minimum absolute atomic E-state index is 0.0320. The normalized spacial score (nSPS) is 19.4. The molecule has 3 atom stereocenters. The molecular weight excluding hydrogens is 615 g/mol. The fourth-order valence-corrected chi connectivity index (χ4v) is 6.29.